The highest BCUT2D eigenvalue weighted by Gasteiger charge is 2.43. The molecule has 6 rings (SSSR count). The summed E-state index contributed by atoms with van der Waals surface area (Å²) in [4.78, 5) is 34.5. The van der Waals surface area contributed by atoms with E-state index in [-0.39, 0.29) is 34.6 Å². The second-order valence-electron chi connectivity index (χ2n) is 10.1. The van der Waals surface area contributed by atoms with Crippen LogP contribution in [0, 0.1) is 34.2 Å². The summed E-state index contributed by atoms with van der Waals surface area (Å²) in [5, 5.41) is 21.6. The molecular weight excluding hydrogens is 577 g/mol. The van der Waals surface area contributed by atoms with Crippen molar-refractivity contribution in [3.8, 4) is 6.07 Å². The van der Waals surface area contributed by atoms with Gasteiger partial charge in [-0.1, -0.05) is 11.6 Å². The molecule has 3 aromatic heterocycles. The summed E-state index contributed by atoms with van der Waals surface area (Å²) in [6.07, 6.45) is 4.70. The van der Waals surface area contributed by atoms with E-state index in [9.17, 15) is 28.0 Å². The van der Waals surface area contributed by atoms with Gasteiger partial charge in [-0.15, -0.1) is 0 Å². The molecule has 1 aliphatic rings. The molecule has 0 amide bonds. The number of hydrogen-bond donors (Lipinski definition) is 1. The van der Waals surface area contributed by atoms with Crippen LogP contribution in [0.25, 0.3) is 10.9 Å². The second kappa shape index (κ2) is 10.1. The number of nitrogens with zero attached hydrogens (tertiary/aromatic N) is 9. The Bertz CT molecular complexity index is 2040. The van der Waals surface area contributed by atoms with Crippen LogP contribution in [0.15, 0.2) is 46.4 Å². The van der Waals surface area contributed by atoms with Gasteiger partial charge in [0.05, 0.1) is 47.3 Å². The SMILES string of the molecule is Cn1cnc(Cn2c(=O)nc(Nc3cc4cn(CC5(C#N)CC5)nc4cc3Cl)n(Cc3cc(F)c(F)cc3F)c2=O)n1. The van der Waals surface area contributed by atoms with Gasteiger partial charge in [0.15, 0.2) is 17.5 Å². The van der Waals surface area contributed by atoms with Gasteiger partial charge in [0.1, 0.15) is 12.1 Å². The van der Waals surface area contributed by atoms with Gasteiger partial charge in [0.2, 0.25) is 5.95 Å². The highest BCUT2D eigenvalue weighted by atomic mass is 35.5. The topological polar surface area (TPSA) is 141 Å². The van der Waals surface area contributed by atoms with Crippen molar-refractivity contribution in [1.82, 2.24) is 38.7 Å². The van der Waals surface area contributed by atoms with E-state index >= 15 is 0 Å². The summed E-state index contributed by atoms with van der Waals surface area (Å²) in [7, 11) is 1.60. The van der Waals surface area contributed by atoms with E-state index in [0.29, 0.717) is 29.6 Å². The van der Waals surface area contributed by atoms with E-state index in [1.54, 1.807) is 30.1 Å². The largest absolute Gasteiger partial charge is 0.355 e. The zero-order valence-electron chi connectivity index (χ0n) is 21.9. The van der Waals surface area contributed by atoms with Crippen molar-refractivity contribution in [3.63, 3.8) is 0 Å². The van der Waals surface area contributed by atoms with Crippen molar-refractivity contribution in [3.05, 3.63) is 91.6 Å². The van der Waals surface area contributed by atoms with Crippen LogP contribution in [0.4, 0.5) is 24.8 Å². The van der Waals surface area contributed by atoms with Crippen molar-refractivity contribution < 1.29 is 13.2 Å². The lowest BCUT2D eigenvalue weighted by Crippen LogP contribution is -2.43. The van der Waals surface area contributed by atoms with Gasteiger partial charge >= 0.3 is 11.4 Å². The van der Waals surface area contributed by atoms with E-state index in [2.05, 4.69) is 31.6 Å². The molecule has 1 N–H and O–H groups in total. The predicted molar refractivity (Wildman–Crippen MR) is 144 cm³/mol. The Morgan fingerprint density at radius 3 is 2.50 bits per heavy atom. The maximum absolute atomic E-state index is 14.6. The number of hydrogen-bond acceptors (Lipinski definition) is 8. The lowest BCUT2D eigenvalue weighted by Gasteiger charge is -2.16. The zero-order chi connectivity index (χ0) is 29.8. The molecule has 214 valence electrons. The fraction of sp³-hybridized carbons (Fsp3) is 0.269. The van der Waals surface area contributed by atoms with Gasteiger partial charge in [0.25, 0.3) is 0 Å². The fourth-order valence-corrected chi connectivity index (χ4v) is 4.72. The quantitative estimate of drug-likeness (QED) is 0.269. The van der Waals surface area contributed by atoms with Gasteiger partial charge in [-0.3, -0.25) is 13.9 Å². The minimum atomic E-state index is -1.39. The number of nitrogens with one attached hydrogen (secondary N) is 1. The second-order valence-corrected chi connectivity index (χ2v) is 10.5. The monoisotopic (exact) mass is 596 g/mol. The van der Waals surface area contributed by atoms with Gasteiger partial charge in [0, 0.05) is 30.3 Å². The summed E-state index contributed by atoms with van der Waals surface area (Å²) >= 11 is 6.50. The molecule has 0 bridgehead atoms. The third kappa shape index (κ3) is 5.12. The maximum atomic E-state index is 14.6. The van der Waals surface area contributed by atoms with Crippen LogP contribution in [-0.4, -0.2) is 38.7 Å². The van der Waals surface area contributed by atoms with E-state index in [1.165, 1.54) is 11.0 Å². The van der Waals surface area contributed by atoms with E-state index < -0.39 is 40.8 Å². The fourth-order valence-electron chi connectivity index (χ4n) is 4.52. The molecule has 0 saturated heterocycles. The van der Waals surface area contributed by atoms with Crippen molar-refractivity contribution >= 4 is 34.1 Å². The molecule has 0 aliphatic heterocycles. The minimum absolute atomic E-state index is 0.139. The standard InChI is InChI=1S/C26H20ClF3N10O2/c1-37-13-32-22(36-37)10-40-24(41)34-23(39(25(40)42)9-14-4-18(29)19(30)7-17(14)28)33-21-5-15-8-38(12-26(11-31)2-3-26)35-20(15)6-16(21)27/h4-8,13H,2-3,9-10,12H2,1H3,(H,33,34,41). The van der Waals surface area contributed by atoms with Gasteiger partial charge in [-0.25, -0.2) is 32.3 Å². The van der Waals surface area contributed by atoms with Crippen LogP contribution in [-0.2, 0) is 26.7 Å². The van der Waals surface area contributed by atoms with E-state index in [1.807, 2.05) is 0 Å². The van der Waals surface area contributed by atoms with Crippen LogP contribution in [0.5, 0.6) is 0 Å². The first-order chi connectivity index (χ1) is 20.0. The summed E-state index contributed by atoms with van der Waals surface area (Å²) < 4.78 is 46.9. The first-order valence-corrected chi connectivity index (χ1v) is 13.0. The molecule has 16 heteroatoms. The third-order valence-electron chi connectivity index (χ3n) is 6.96. The molecular formula is C26H20ClF3N10O2. The number of rotatable bonds is 8. The number of aromatic nitrogens is 8. The number of fused-ring (bicyclic) bond motifs is 1. The van der Waals surface area contributed by atoms with Gasteiger partial charge in [-0.05, 0) is 31.0 Å². The number of anilines is 2. The Balaban J connectivity index is 1.42. The average molecular weight is 597 g/mol. The minimum Gasteiger partial charge on any atom is -0.324 e. The van der Waals surface area contributed by atoms with Crippen molar-refractivity contribution in [2.75, 3.05) is 5.32 Å². The molecule has 0 spiro atoms. The molecule has 1 aliphatic carbocycles. The number of aryl methyl sites for hydroxylation is 1. The Labute approximate surface area is 239 Å². The zero-order valence-corrected chi connectivity index (χ0v) is 22.6. The normalized spacial score (nSPS) is 13.8. The molecule has 2 aromatic carbocycles. The highest BCUT2D eigenvalue weighted by molar-refractivity contribution is 6.34. The van der Waals surface area contributed by atoms with Crippen LogP contribution in [0.1, 0.15) is 24.2 Å². The molecule has 42 heavy (non-hydrogen) atoms. The smallest absolute Gasteiger partial charge is 0.324 e. The summed E-state index contributed by atoms with van der Waals surface area (Å²) in [6.45, 7) is -0.536. The van der Waals surface area contributed by atoms with Crippen molar-refractivity contribution in [1.29, 1.82) is 5.26 Å². The number of benzene rings is 2. The highest BCUT2D eigenvalue weighted by Crippen LogP contribution is 2.46. The number of halogens is 4. The molecule has 3 heterocycles. The first kappa shape index (κ1) is 27.2. The summed E-state index contributed by atoms with van der Waals surface area (Å²) in [6, 6.07) is 6.48. The number of nitriles is 1. The first-order valence-electron chi connectivity index (χ1n) is 12.6. The van der Waals surface area contributed by atoms with Crippen LogP contribution in [0.2, 0.25) is 5.02 Å². The molecule has 12 nitrogen and oxygen atoms in total. The van der Waals surface area contributed by atoms with E-state index in [0.717, 1.165) is 22.0 Å². The van der Waals surface area contributed by atoms with Crippen molar-refractivity contribution in [2.45, 2.75) is 32.5 Å². The van der Waals surface area contributed by atoms with Gasteiger partial charge in [-0.2, -0.15) is 20.4 Å². The summed E-state index contributed by atoms with van der Waals surface area (Å²) in [5.74, 6) is -4.00. The Hall–Kier alpha value is -4.97. The average Bonchev–Trinajstić information content (AvgIpc) is 3.42. The van der Waals surface area contributed by atoms with Gasteiger partial charge < -0.3 is 5.32 Å². The van der Waals surface area contributed by atoms with Crippen molar-refractivity contribution in [2.24, 2.45) is 12.5 Å². The molecule has 0 radical (unpaired) electrons. The molecule has 0 atom stereocenters. The van der Waals surface area contributed by atoms with Crippen LogP contribution in [0.3, 0.4) is 0 Å². The van der Waals surface area contributed by atoms with E-state index in [4.69, 9.17) is 11.6 Å². The lowest BCUT2D eigenvalue weighted by atomic mass is 10.1. The van der Waals surface area contributed by atoms with Crippen LogP contribution < -0.4 is 16.7 Å². The summed E-state index contributed by atoms with van der Waals surface area (Å²) in [5.41, 5.74) is -1.92. The Morgan fingerprint density at radius 2 is 1.81 bits per heavy atom. The maximum Gasteiger partial charge on any atom is 0.355 e. The van der Waals surface area contributed by atoms with Crippen LogP contribution >= 0.6 is 11.6 Å². The Morgan fingerprint density at radius 1 is 1.05 bits per heavy atom. The molecule has 5 aromatic rings. The Kier molecular flexibility index (Phi) is 6.57. The molecule has 0 unspecified atom stereocenters. The lowest BCUT2D eigenvalue weighted by molar-refractivity contribution is 0.485. The molecule has 1 fully saturated rings. The predicted octanol–water partition coefficient (Wildman–Crippen LogP) is 3.10. The molecule has 1 saturated carbocycles. The third-order valence-corrected chi connectivity index (χ3v) is 7.27.